The summed E-state index contributed by atoms with van der Waals surface area (Å²) in [6.45, 7) is 0. The predicted molar refractivity (Wildman–Crippen MR) is 266 cm³/mol. The summed E-state index contributed by atoms with van der Waals surface area (Å²) in [5.41, 5.74) is 13.0. The molecule has 0 bridgehead atoms. The summed E-state index contributed by atoms with van der Waals surface area (Å²) in [6, 6.07) is 82.5. The van der Waals surface area contributed by atoms with E-state index in [2.05, 4.69) is 229 Å². The molecule has 0 radical (unpaired) electrons. The first-order valence-electron chi connectivity index (χ1n) is 20.7. The van der Waals surface area contributed by atoms with E-state index in [-0.39, 0.29) is 0 Å². The van der Waals surface area contributed by atoms with E-state index >= 15 is 0 Å². The van der Waals surface area contributed by atoms with Gasteiger partial charge >= 0.3 is 0 Å². The lowest BCUT2D eigenvalue weighted by atomic mass is 9.90. The van der Waals surface area contributed by atoms with Crippen molar-refractivity contribution in [2.75, 3.05) is 4.90 Å². The molecule has 1 nitrogen and oxygen atoms in total. The van der Waals surface area contributed by atoms with Gasteiger partial charge < -0.3 is 4.90 Å². The van der Waals surface area contributed by atoms with E-state index in [1.807, 2.05) is 22.7 Å². The highest BCUT2D eigenvalue weighted by molar-refractivity contribution is 7.26. The molecule has 2 aromatic heterocycles. The van der Waals surface area contributed by atoms with E-state index in [0.29, 0.717) is 0 Å². The zero-order valence-corrected chi connectivity index (χ0v) is 34.8. The van der Waals surface area contributed by atoms with Gasteiger partial charge in [-0.3, -0.25) is 0 Å². The smallest absolute Gasteiger partial charge is 0.0540 e. The maximum absolute atomic E-state index is 2.48. The van der Waals surface area contributed by atoms with Crippen molar-refractivity contribution in [2.45, 2.75) is 0 Å². The molecule has 0 unspecified atom stereocenters. The van der Waals surface area contributed by atoms with Crippen LogP contribution in [-0.4, -0.2) is 0 Å². The Labute approximate surface area is 362 Å². The van der Waals surface area contributed by atoms with Crippen LogP contribution < -0.4 is 4.90 Å². The van der Waals surface area contributed by atoms with Gasteiger partial charge in [-0.2, -0.15) is 0 Å². The monoisotopic (exact) mass is 811 g/mol. The van der Waals surface area contributed by atoms with E-state index in [0.717, 1.165) is 17.1 Å². The molecule has 0 saturated carbocycles. The largest absolute Gasteiger partial charge is 0.309 e. The van der Waals surface area contributed by atoms with Crippen LogP contribution >= 0.6 is 22.7 Å². The Balaban J connectivity index is 1.06. The first-order valence-corrected chi connectivity index (χ1v) is 22.4. The number of rotatable bonds is 7. The van der Waals surface area contributed by atoms with Gasteiger partial charge in [0, 0.05) is 62.7 Å². The number of nitrogens with zero attached hydrogens (tertiary/aromatic N) is 1. The number of benzene rings is 10. The normalized spacial score (nSPS) is 11.6. The van der Waals surface area contributed by atoms with Gasteiger partial charge in [0.1, 0.15) is 0 Å². The fraction of sp³-hybridized carbons (Fsp3) is 0. The minimum Gasteiger partial charge on any atom is -0.309 e. The van der Waals surface area contributed by atoms with Gasteiger partial charge in [-0.15, -0.1) is 22.7 Å². The lowest BCUT2D eigenvalue weighted by Gasteiger charge is -2.30. The quantitative estimate of drug-likeness (QED) is 0.155. The molecule has 0 aliphatic heterocycles. The number of thiophene rings is 2. The fourth-order valence-electron chi connectivity index (χ4n) is 9.28. The van der Waals surface area contributed by atoms with Crippen LogP contribution in [0.3, 0.4) is 0 Å². The minimum absolute atomic E-state index is 1.10. The van der Waals surface area contributed by atoms with Crippen molar-refractivity contribution < 1.29 is 0 Å². The molecular formula is C58H37NS2. The Hall–Kier alpha value is -7.30. The van der Waals surface area contributed by atoms with Gasteiger partial charge in [0.05, 0.1) is 11.4 Å². The summed E-state index contributed by atoms with van der Waals surface area (Å²) in [4.78, 5) is 2.48. The third kappa shape index (κ3) is 6.04. The van der Waals surface area contributed by atoms with Gasteiger partial charge in [-0.25, -0.2) is 0 Å². The van der Waals surface area contributed by atoms with Crippen LogP contribution in [0.25, 0.3) is 95.6 Å². The first-order chi connectivity index (χ1) is 30.3. The molecular weight excluding hydrogens is 775 g/mol. The van der Waals surface area contributed by atoms with Crippen LogP contribution in [0.5, 0.6) is 0 Å². The van der Waals surface area contributed by atoms with Crippen LogP contribution in [0.2, 0.25) is 0 Å². The van der Waals surface area contributed by atoms with E-state index < -0.39 is 0 Å². The molecule has 0 amide bonds. The molecule has 0 aliphatic rings. The summed E-state index contributed by atoms with van der Waals surface area (Å²) in [7, 11) is 0. The van der Waals surface area contributed by atoms with Crippen LogP contribution in [0.15, 0.2) is 224 Å². The maximum Gasteiger partial charge on any atom is 0.0540 e. The second-order valence-corrected chi connectivity index (χ2v) is 17.7. The summed E-state index contributed by atoms with van der Waals surface area (Å²) in [5, 5.41) is 7.73. The fourth-order valence-corrected chi connectivity index (χ4v) is 11.7. The molecule has 286 valence electrons. The van der Waals surface area contributed by atoms with Gasteiger partial charge in [-0.05, 0) is 81.1 Å². The highest BCUT2D eigenvalue weighted by Gasteiger charge is 2.23. The summed E-state index contributed by atoms with van der Waals surface area (Å²) in [6.07, 6.45) is 0. The third-order valence-corrected chi connectivity index (χ3v) is 14.5. The summed E-state index contributed by atoms with van der Waals surface area (Å²) < 4.78 is 5.25. The van der Waals surface area contributed by atoms with Crippen molar-refractivity contribution >= 4 is 90.9 Å². The second kappa shape index (κ2) is 14.8. The zero-order chi connectivity index (χ0) is 40.3. The number of para-hydroxylation sites is 2. The molecule has 0 atom stereocenters. The third-order valence-electron chi connectivity index (χ3n) is 12.1. The molecule has 0 fully saturated rings. The lowest BCUT2D eigenvalue weighted by molar-refractivity contribution is 1.28. The van der Waals surface area contributed by atoms with Crippen LogP contribution in [0.4, 0.5) is 17.1 Å². The van der Waals surface area contributed by atoms with Crippen molar-refractivity contribution in [1.29, 1.82) is 0 Å². The van der Waals surface area contributed by atoms with Gasteiger partial charge in [0.15, 0.2) is 0 Å². The van der Waals surface area contributed by atoms with E-state index in [1.54, 1.807) is 0 Å². The molecule has 0 saturated heterocycles. The van der Waals surface area contributed by atoms with Crippen molar-refractivity contribution in [3.8, 4) is 44.5 Å². The van der Waals surface area contributed by atoms with Crippen molar-refractivity contribution in [1.82, 2.24) is 0 Å². The zero-order valence-electron chi connectivity index (χ0n) is 33.1. The first kappa shape index (κ1) is 35.6. The maximum atomic E-state index is 2.48. The van der Waals surface area contributed by atoms with Gasteiger partial charge in [0.25, 0.3) is 0 Å². The van der Waals surface area contributed by atoms with E-state index in [4.69, 9.17) is 0 Å². The van der Waals surface area contributed by atoms with Gasteiger partial charge in [-0.1, -0.05) is 182 Å². The summed E-state index contributed by atoms with van der Waals surface area (Å²) in [5.74, 6) is 0. The van der Waals surface area contributed by atoms with E-state index in [9.17, 15) is 0 Å². The Morgan fingerprint density at radius 3 is 1.51 bits per heavy atom. The Bertz CT molecular complexity index is 3600. The van der Waals surface area contributed by atoms with Crippen molar-refractivity contribution in [3.63, 3.8) is 0 Å². The molecule has 10 aromatic carbocycles. The molecule has 61 heavy (non-hydrogen) atoms. The Morgan fingerprint density at radius 2 is 0.754 bits per heavy atom. The molecule has 0 aliphatic carbocycles. The molecule has 0 spiro atoms. The molecule has 3 heteroatoms. The molecule has 2 heterocycles. The average Bonchev–Trinajstić information content (AvgIpc) is 3.90. The highest BCUT2D eigenvalue weighted by Crippen LogP contribution is 2.49. The minimum atomic E-state index is 1.10. The lowest BCUT2D eigenvalue weighted by Crippen LogP contribution is -2.12. The molecule has 12 rings (SSSR count). The Morgan fingerprint density at radius 1 is 0.279 bits per heavy atom. The summed E-state index contributed by atoms with van der Waals surface area (Å²) >= 11 is 3.75. The van der Waals surface area contributed by atoms with Crippen LogP contribution in [-0.2, 0) is 0 Å². The van der Waals surface area contributed by atoms with E-state index in [1.165, 1.54) is 95.6 Å². The second-order valence-electron chi connectivity index (χ2n) is 15.6. The Kier molecular flexibility index (Phi) is 8.62. The predicted octanol–water partition coefficient (Wildman–Crippen LogP) is 17.7. The van der Waals surface area contributed by atoms with Crippen LogP contribution in [0.1, 0.15) is 0 Å². The average molecular weight is 812 g/mol. The molecule has 0 N–H and O–H groups in total. The molecule has 12 aromatic rings. The number of hydrogen-bond donors (Lipinski definition) is 0. The highest BCUT2D eigenvalue weighted by atomic mass is 32.1. The standard InChI is InChI=1S/C58H37NS2/c1-2-17-42-39(15-1)16-13-24-43(42)44-18-3-4-19-45(44)46-20-5-9-27-53(46)59(41-34-31-38(32-35-41)40-33-36-50-48-22-7-11-29-55(48)60-57(50)37-40)54-28-10-6-21-47(54)51-25-14-26-52-49-23-8-12-30-56(49)61-58(51)52/h1-37H. The van der Waals surface area contributed by atoms with Crippen molar-refractivity contribution in [2.24, 2.45) is 0 Å². The topological polar surface area (TPSA) is 3.24 Å². The van der Waals surface area contributed by atoms with Crippen molar-refractivity contribution in [3.05, 3.63) is 224 Å². The number of anilines is 3. The SMILES string of the molecule is c1ccc(-c2cccc3ccccc23)c(-c2ccccc2N(c2ccc(-c3ccc4c(c3)sc3ccccc34)cc2)c2ccccc2-c2cccc3c2sc2ccccc23)c1. The number of fused-ring (bicyclic) bond motifs is 7. The van der Waals surface area contributed by atoms with Crippen LogP contribution in [0, 0.1) is 0 Å². The van der Waals surface area contributed by atoms with Gasteiger partial charge in [0.2, 0.25) is 0 Å². The number of hydrogen-bond acceptors (Lipinski definition) is 3.